The van der Waals surface area contributed by atoms with Gasteiger partial charge in [0, 0.05) is 39.4 Å². The van der Waals surface area contributed by atoms with Crippen molar-refractivity contribution in [2.24, 2.45) is 0 Å². The van der Waals surface area contributed by atoms with Crippen molar-refractivity contribution in [2.45, 2.75) is 13.8 Å². The second-order valence-electron chi connectivity index (χ2n) is 11.9. The topological polar surface area (TPSA) is 37.6 Å². The van der Waals surface area contributed by atoms with Gasteiger partial charge in [-0.2, -0.15) is 0 Å². The van der Waals surface area contributed by atoms with Gasteiger partial charge in [0.05, 0.1) is 17.1 Å². The smallest absolute Gasteiger partial charge is 0.255 e. The summed E-state index contributed by atoms with van der Waals surface area (Å²) in [7, 11) is 0. The van der Waals surface area contributed by atoms with Gasteiger partial charge in [0.2, 0.25) is 0 Å². The maximum Gasteiger partial charge on any atom is 0.255 e. The minimum Gasteiger partial charge on any atom is -0.516 e. The van der Waals surface area contributed by atoms with Gasteiger partial charge in [-0.1, -0.05) is 111 Å². The summed E-state index contributed by atoms with van der Waals surface area (Å²) < 4.78 is 9.07. The Morgan fingerprint density at radius 2 is 1.29 bits per heavy atom. The molecule has 4 nitrogen and oxygen atoms in total. The summed E-state index contributed by atoms with van der Waals surface area (Å²) in [6.45, 7) is 3.77. The van der Waals surface area contributed by atoms with Crippen LogP contribution in [0.15, 0.2) is 163 Å². The van der Waals surface area contributed by atoms with Crippen molar-refractivity contribution in [3.63, 3.8) is 0 Å². The molecular weight excluding hydrogens is 599 g/mol. The first-order valence-corrected chi connectivity index (χ1v) is 16.9. The summed E-state index contributed by atoms with van der Waals surface area (Å²) in [5.74, 6) is 1.56. The van der Waals surface area contributed by atoms with Crippen molar-refractivity contribution >= 4 is 57.8 Å². The van der Waals surface area contributed by atoms with Crippen molar-refractivity contribution in [3.8, 4) is 17.2 Å². The lowest BCUT2D eigenvalue weighted by Gasteiger charge is -2.31. The van der Waals surface area contributed by atoms with Gasteiger partial charge in [-0.25, -0.2) is 0 Å². The lowest BCUT2D eigenvalue weighted by Crippen LogP contribution is -2.50. The number of aromatic nitrogens is 1. The van der Waals surface area contributed by atoms with E-state index in [1.807, 2.05) is 38.1 Å². The van der Waals surface area contributed by atoms with Crippen LogP contribution in [0.5, 0.6) is 11.5 Å². The third kappa shape index (κ3) is 5.11. The first kappa shape index (κ1) is 30.2. The Hall–Kier alpha value is -6.20. The number of rotatable bonds is 4. The fourth-order valence-electron chi connectivity index (χ4n) is 7.24. The first-order valence-electron chi connectivity index (χ1n) is 16.9. The minimum atomic E-state index is -0.228. The molecule has 1 N–H and O–H groups in total. The molecule has 49 heavy (non-hydrogen) atoms. The van der Waals surface area contributed by atoms with Crippen molar-refractivity contribution in [1.82, 2.24) is 4.57 Å². The van der Waals surface area contributed by atoms with E-state index in [1.54, 1.807) is 0 Å². The molecule has 0 saturated carbocycles. The van der Waals surface area contributed by atoms with Crippen LogP contribution in [0.1, 0.15) is 19.4 Å². The molecule has 236 valence electrons. The van der Waals surface area contributed by atoms with Crippen molar-refractivity contribution in [2.75, 3.05) is 4.90 Å². The van der Waals surface area contributed by atoms with Gasteiger partial charge in [0.15, 0.2) is 0 Å². The molecule has 6 aromatic carbocycles. The van der Waals surface area contributed by atoms with Gasteiger partial charge in [-0.05, 0) is 82.6 Å². The maximum atomic E-state index is 11.0. The number of fused-ring (bicyclic) bond motifs is 5. The lowest BCUT2D eigenvalue weighted by molar-refractivity contribution is 0.472. The van der Waals surface area contributed by atoms with Gasteiger partial charge in [-0.15, -0.1) is 0 Å². The number of para-hydroxylation sites is 4. The lowest BCUT2D eigenvalue weighted by atomic mass is 9.34. The van der Waals surface area contributed by atoms with Crippen LogP contribution in [0.3, 0.4) is 0 Å². The van der Waals surface area contributed by atoms with Gasteiger partial charge in [0.1, 0.15) is 11.5 Å². The summed E-state index contributed by atoms with van der Waals surface area (Å²) in [4.78, 5) is 2.24. The van der Waals surface area contributed by atoms with Gasteiger partial charge in [-0.3, -0.25) is 0 Å². The predicted molar refractivity (Wildman–Crippen MR) is 205 cm³/mol. The minimum absolute atomic E-state index is 0.228. The van der Waals surface area contributed by atoms with Crippen LogP contribution in [0, 0.1) is 0 Å². The highest BCUT2D eigenvalue weighted by Gasteiger charge is 2.36. The number of hydrogen-bond donors (Lipinski definition) is 1. The van der Waals surface area contributed by atoms with E-state index in [4.69, 9.17) is 4.74 Å². The Morgan fingerprint density at radius 1 is 0.633 bits per heavy atom. The van der Waals surface area contributed by atoms with E-state index >= 15 is 0 Å². The summed E-state index contributed by atoms with van der Waals surface area (Å²) in [6, 6.07) is 52.3. The highest BCUT2D eigenvalue weighted by Crippen LogP contribution is 2.38. The largest absolute Gasteiger partial charge is 0.516 e. The van der Waals surface area contributed by atoms with Crippen LogP contribution in [0.4, 0.5) is 17.1 Å². The number of hydrogen-bond acceptors (Lipinski definition) is 3. The van der Waals surface area contributed by atoms with E-state index in [9.17, 15) is 5.11 Å². The summed E-state index contributed by atoms with van der Waals surface area (Å²) >= 11 is 0. The molecule has 0 saturated heterocycles. The quantitative estimate of drug-likeness (QED) is 0.156. The molecule has 1 aromatic heterocycles. The van der Waals surface area contributed by atoms with E-state index in [2.05, 4.69) is 149 Å². The van der Waals surface area contributed by atoms with E-state index in [-0.39, 0.29) is 6.71 Å². The Morgan fingerprint density at radius 3 is 1.98 bits per heavy atom. The molecule has 0 aliphatic carbocycles. The Labute approximate surface area is 286 Å². The van der Waals surface area contributed by atoms with Crippen LogP contribution in [0.2, 0.25) is 0 Å². The van der Waals surface area contributed by atoms with E-state index in [0.717, 1.165) is 77.7 Å². The SMILES string of the molecule is CC.O/C=C1/C=c2\c(n(-c3ccccc3)c3ccccc23)=C/c2cccc3c2B1c1ccc(N(c2ccccc2)c2ccccc2)cc1O3. The van der Waals surface area contributed by atoms with Crippen molar-refractivity contribution in [1.29, 1.82) is 0 Å². The highest BCUT2D eigenvalue weighted by molar-refractivity contribution is 6.94. The number of allylic oxidation sites excluding steroid dienone is 1. The molecule has 9 rings (SSSR count). The molecule has 2 aliphatic rings. The Kier molecular flexibility index (Phi) is 7.86. The zero-order valence-corrected chi connectivity index (χ0v) is 27.5. The average molecular weight is 635 g/mol. The molecule has 0 radical (unpaired) electrons. The van der Waals surface area contributed by atoms with Crippen molar-refractivity contribution < 1.29 is 9.84 Å². The zero-order chi connectivity index (χ0) is 33.3. The predicted octanol–water partition coefficient (Wildman–Crippen LogP) is 8.45. The molecule has 3 heterocycles. The number of aliphatic hydroxyl groups excluding tert-OH is 1. The summed E-state index contributed by atoms with van der Waals surface area (Å²) in [5.41, 5.74) is 9.23. The summed E-state index contributed by atoms with van der Waals surface area (Å²) in [5, 5.41) is 14.2. The molecule has 0 unspecified atom stereocenters. The van der Waals surface area contributed by atoms with Crippen LogP contribution in [0.25, 0.3) is 28.7 Å². The van der Waals surface area contributed by atoms with Crippen LogP contribution >= 0.6 is 0 Å². The number of ether oxygens (including phenoxy) is 1. The average Bonchev–Trinajstić information content (AvgIpc) is 3.46. The van der Waals surface area contributed by atoms with Crippen LogP contribution < -0.4 is 31.1 Å². The second kappa shape index (κ2) is 12.8. The zero-order valence-electron chi connectivity index (χ0n) is 27.5. The van der Waals surface area contributed by atoms with Gasteiger partial charge >= 0.3 is 0 Å². The maximum absolute atomic E-state index is 11.0. The molecule has 0 spiro atoms. The monoisotopic (exact) mass is 634 g/mol. The van der Waals surface area contributed by atoms with E-state index in [1.165, 1.54) is 6.26 Å². The molecule has 5 heteroatoms. The van der Waals surface area contributed by atoms with E-state index in [0.29, 0.717) is 0 Å². The molecule has 0 atom stereocenters. The second-order valence-corrected chi connectivity index (χ2v) is 11.9. The molecule has 0 amide bonds. The standard InChI is InChI=1S/C42H29BN2O2.C2H6/c46-28-30-26-36-35-20-10-11-21-38(35)45(33-18-8-3-9-19-33)39(36)25-29-13-12-22-40-42(29)43(30)37-24-23-34(27-41(37)47-40)44(31-14-4-1-5-15-31)32-16-6-2-7-17-32;1-2/h1-28,46H;1-2H3/b30-28-,36-26-,39-25+;. The van der Waals surface area contributed by atoms with Crippen molar-refractivity contribution in [3.05, 3.63) is 180 Å². The fraction of sp³-hybridized carbons (Fsp3) is 0.0455. The fourth-order valence-corrected chi connectivity index (χ4v) is 7.24. The molecule has 7 aromatic rings. The number of benzene rings is 6. The molecular formula is C44H35BN2O2. The first-order chi connectivity index (χ1) is 24.3. The van der Waals surface area contributed by atoms with Crippen LogP contribution in [-0.4, -0.2) is 16.4 Å². The molecule has 0 fully saturated rings. The summed E-state index contributed by atoms with van der Waals surface area (Å²) in [6.07, 6.45) is 5.70. The van der Waals surface area contributed by atoms with E-state index < -0.39 is 0 Å². The number of anilines is 3. The number of aliphatic hydroxyl groups is 1. The highest BCUT2D eigenvalue weighted by atomic mass is 16.5. The Balaban J connectivity index is 0.00000171. The van der Waals surface area contributed by atoms with Gasteiger partial charge < -0.3 is 19.3 Å². The van der Waals surface area contributed by atoms with Crippen LogP contribution in [-0.2, 0) is 0 Å². The van der Waals surface area contributed by atoms with Gasteiger partial charge in [0.25, 0.3) is 6.71 Å². The third-order valence-electron chi connectivity index (χ3n) is 9.26. The molecule has 2 aliphatic heterocycles. The Bertz CT molecular complexity index is 2410. The molecule has 0 bridgehead atoms. The number of nitrogens with zero attached hydrogens (tertiary/aromatic N) is 2. The third-order valence-corrected chi connectivity index (χ3v) is 9.26. The normalized spacial score (nSPS) is 14.7.